The zero-order valence-electron chi connectivity index (χ0n) is 19.1. The summed E-state index contributed by atoms with van der Waals surface area (Å²) in [5.41, 5.74) is 6.87. The summed E-state index contributed by atoms with van der Waals surface area (Å²) in [6, 6.07) is 18.7. The molecule has 7 nitrogen and oxygen atoms in total. The van der Waals surface area contributed by atoms with E-state index in [2.05, 4.69) is 4.98 Å². The third-order valence-electron chi connectivity index (χ3n) is 5.08. The van der Waals surface area contributed by atoms with E-state index >= 15 is 0 Å². The van der Waals surface area contributed by atoms with Crippen molar-refractivity contribution in [1.29, 1.82) is 0 Å². The number of carbonyl (C=O) groups excluding carboxylic acids is 1. The molecule has 0 spiro atoms. The number of nitrogens with zero attached hydrogens (tertiary/aromatic N) is 2. The number of nitrogens with two attached hydrogens (primary N) is 1. The Hall–Kier alpha value is -4.31. The van der Waals surface area contributed by atoms with Crippen LogP contribution in [0.4, 0.5) is 20.2 Å². The van der Waals surface area contributed by atoms with Gasteiger partial charge in [-0.1, -0.05) is 30.3 Å². The van der Waals surface area contributed by atoms with Crippen molar-refractivity contribution >= 4 is 27.3 Å². The Bertz CT molecular complexity index is 1530. The molecule has 1 aromatic heterocycles. The van der Waals surface area contributed by atoms with Crippen LogP contribution in [0.5, 0.6) is 11.5 Å². The molecule has 2 N–H and O–H groups in total. The van der Waals surface area contributed by atoms with Crippen LogP contribution in [-0.2, 0) is 21.2 Å². The Kier molecular flexibility index (Phi) is 6.98. The summed E-state index contributed by atoms with van der Waals surface area (Å²) in [6.45, 7) is 0. The number of halogens is 2. The highest BCUT2D eigenvalue weighted by Gasteiger charge is 2.23. The SMILES string of the molecule is CS(=O)(=O)N(c1ccc(CC(N)=O)cc1)c1cnc(-c2cccc(F)c2)c(Oc2cccc(F)c2)c1. The van der Waals surface area contributed by atoms with E-state index in [4.69, 9.17) is 10.5 Å². The van der Waals surface area contributed by atoms with Crippen LogP contribution in [-0.4, -0.2) is 25.6 Å². The molecule has 0 atom stereocenters. The van der Waals surface area contributed by atoms with Crippen LogP contribution in [0.3, 0.4) is 0 Å². The number of hydrogen-bond acceptors (Lipinski definition) is 5. The molecule has 4 aromatic rings. The summed E-state index contributed by atoms with van der Waals surface area (Å²) in [5.74, 6) is -1.31. The van der Waals surface area contributed by atoms with E-state index in [1.807, 2.05) is 0 Å². The summed E-state index contributed by atoms with van der Waals surface area (Å²) in [5, 5.41) is 0. The minimum Gasteiger partial charge on any atom is -0.455 e. The molecule has 0 unspecified atom stereocenters. The Labute approximate surface area is 206 Å². The number of hydrogen-bond donors (Lipinski definition) is 1. The van der Waals surface area contributed by atoms with Crippen molar-refractivity contribution in [2.24, 2.45) is 5.73 Å². The van der Waals surface area contributed by atoms with Gasteiger partial charge < -0.3 is 10.5 Å². The number of rotatable bonds is 8. The highest BCUT2D eigenvalue weighted by Crippen LogP contribution is 2.38. The van der Waals surface area contributed by atoms with Crippen molar-refractivity contribution in [3.05, 3.63) is 102 Å². The summed E-state index contributed by atoms with van der Waals surface area (Å²) >= 11 is 0. The van der Waals surface area contributed by atoms with Crippen LogP contribution in [0.15, 0.2) is 85.1 Å². The van der Waals surface area contributed by atoms with Crippen LogP contribution in [0.25, 0.3) is 11.3 Å². The van der Waals surface area contributed by atoms with Crippen molar-refractivity contribution in [3.8, 4) is 22.8 Å². The topological polar surface area (TPSA) is 103 Å². The number of ether oxygens (including phenoxy) is 1. The van der Waals surface area contributed by atoms with Crippen LogP contribution >= 0.6 is 0 Å². The van der Waals surface area contributed by atoms with Crippen LogP contribution in [0.1, 0.15) is 5.56 Å². The third kappa shape index (κ3) is 5.84. The smallest absolute Gasteiger partial charge is 0.236 e. The maximum atomic E-state index is 13.9. The molecule has 0 bridgehead atoms. The summed E-state index contributed by atoms with van der Waals surface area (Å²) < 4.78 is 60.2. The van der Waals surface area contributed by atoms with Crippen molar-refractivity contribution in [2.45, 2.75) is 6.42 Å². The van der Waals surface area contributed by atoms with E-state index in [9.17, 15) is 22.0 Å². The molecule has 0 aliphatic heterocycles. The molecule has 4 rings (SSSR count). The highest BCUT2D eigenvalue weighted by atomic mass is 32.2. The summed E-state index contributed by atoms with van der Waals surface area (Å²) in [4.78, 5) is 15.6. The van der Waals surface area contributed by atoms with E-state index < -0.39 is 27.6 Å². The lowest BCUT2D eigenvalue weighted by Gasteiger charge is -2.23. The lowest BCUT2D eigenvalue weighted by Crippen LogP contribution is -2.25. The minimum atomic E-state index is -3.86. The summed E-state index contributed by atoms with van der Waals surface area (Å²) in [7, 11) is -3.86. The van der Waals surface area contributed by atoms with Gasteiger partial charge in [-0.25, -0.2) is 21.5 Å². The lowest BCUT2D eigenvalue weighted by molar-refractivity contribution is -0.117. The van der Waals surface area contributed by atoms with E-state index in [1.54, 1.807) is 18.2 Å². The van der Waals surface area contributed by atoms with E-state index in [1.165, 1.54) is 60.8 Å². The number of sulfonamides is 1. The fourth-order valence-corrected chi connectivity index (χ4v) is 4.60. The largest absolute Gasteiger partial charge is 0.455 e. The van der Waals surface area contributed by atoms with Gasteiger partial charge in [0, 0.05) is 17.7 Å². The molecule has 10 heteroatoms. The Balaban J connectivity index is 1.83. The molecule has 0 aliphatic rings. The molecular weight excluding hydrogens is 488 g/mol. The molecule has 0 radical (unpaired) electrons. The van der Waals surface area contributed by atoms with Crippen LogP contribution < -0.4 is 14.8 Å². The number of anilines is 2. The van der Waals surface area contributed by atoms with E-state index in [0.29, 0.717) is 11.1 Å². The second-order valence-electron chi connectivity index (χ2n) is 7.95. The first kappa shape index (κ1) is 24.8. The van der Waals surface area contributed by atoms with Gasteiger partial charge in [0.15, 0.2) is 5.75 Å². The molecule has 184 valence electrons. The van der Waals surface area contributed by atoms with Gasteiger partial charge >= 0.3 is 0 Å². The standard InChI is InChI=1S/C26H21F2N3O4S/c1-36(33,34)31(21-10-8-17(9-11-21)12-25(29)32)22-15-24(35-23-7-3-6-20(28)14-23)26(30-16-22)18-4-2-5-19(27)13-18/h2-11,13-16H,12H2,1H3,(H2,29,32). The van der Waals surface area contributed by atoms with Crippen LogP contribution in [0, 0.1) is 11.6 Å². The van der Waals surface area contributed by atoms with Crippen molar-refractivity contribution in [2.75, 3.05) is 10.6 Å². The normalized spacial score (nSPS) is 11.2. The van der Waals surface area contributed by atoms with Crippen molar-refractivity contribution < 1.29 is 26.7 Å². The average molecular weight is 510 g/mol. The minimum absolute atomic E-state index is 0.00860. The molecule has 0 saturated heterocycles. The first-order valence-corrected chi connectivity index (χ1v) is 12.5. The molecule has 3 aromatic carbocycles. The van der Waals surface area contributed by atoms with Gasteiger partial charge in [-0.2, -0.15) is 0 Å². The van der Waals surface area contributed by atoms with Gasteiger partial charge in [-0.15, -0.1) is 0 Å². The van der Waals surface area contributed by atoms with Crippen molar-refractivity contribution in [3.63, 3.8) is 0 Å². The maximum absolute atomic E-state index is 13.9. The number of carbonyl (C=O) groups is 1. The van der Waals surface area contributed by atoms with Gasteiger partial charge in [-0.3, -0.25) is 9.78 Å². The molecule has 0 aliphatic carbocycles. The van der Waals surface area contributed by atoms with Gasteiger partial charge in [0.05, 0.1) is 30.2 Å². The van der Waals surface area contributed by atoms with Gasteiger partial charge in [0.2, 0.25) is 15.9 Å². The van der Waals surface area contributed by atoms with Gasteiger partial charge in [-0.05, 0) is 42.0 Å². The number of pyridine rings is 1. The fourth-order valence-electron chi connectivity index (χ4n) is 3.62. The number of amides is 1. The predicted octanol–water partition coefficient (Wildman–Crippen LogP) is 4.94. The van der Waals surface area contributed by atoms with Gasteiger partial charge in [0.1, 0.15) is 23.1 Å². The van der Waals surface area contributed by atoms with E-state index in [0.717, 1.165) is 16.6 Å². The first-order chi connectivity index (χ1) is 17.1. The fraction of sp³-hybridized carbons (Fsp3) is 0.0769. The third-order valence-corrected chi connectivity index (χ3v) is 6.16. The molecule has 0 fully saturated rings. The average Bonchev–Trinajstić information content (AvgIpc) is 2.79. The second kappa shape index (κ2) is 10.1. The zero-order chi connectivity index (χ0) is 25.9. The number of benzene rings is 3. The molecule has 36 heavy (non-hydrogen) atoms. The number of primary amides is 1. The Morgan fingerprint density at radius 1 is 0.944 bits per heavy atom. The van der Waals surface area contributed by atoms with Crippen molar-refractivity contribution in [1.82, 2.24) is 4.98 Å². The molecule has 0 saturated carbocycles. The van der Waals surface area contributed by atoms with Crippen LogP contribution in [0.2, 0.25) is 0 Å². The quantitative estimate of drug-likeness (QED) is 0.362. The second-order valence-corrected chi connectivity index (χ2v) is 9.78. The molecular formula is C26H21F2N3O4S. The lowest BCUT2D eigenvalue weighted by atomic mass is 10.1. The Morgan fingerprint density at radius 3 is 2.22 bits per heavy atom. The zero-order valence-corrected chi connectivity index (χ0v) is 19.9. The monoisotopic (exact) mass is 509 g/mol. The predicted molar refractivity (Wildman–Crippen MR) is 132 cm³/mol. The van der Waals surface area contributed by atoms with E-state index in [-0.39, 0.29) is 35.0 Å². The van der Waals surface area contributed by atoms with Gasteiger partial charge in [0.25, 0.3) is 0 Å². The number of aromatic nitrogens is 1. The summed E-state index contributed by atoms with van der Waals surface area (Å²) in [6.07, 6.45) is 2.35. The molecule has 1 heterocycles. The Morgan fingerprint density at radius 2 is 1.61 bits per heavy atom. The first-order valence-electron chi connectivity index (χ1n) is 10.7. The maximum Gasteiger partial charge on any atom is 0.236 e. The highest BCUT2D eigenvalue weighted by molar-refractivity contribution is 7.92. The molecule has 1 amide bonds.